The standard InChI is InChI=1S/C26H24ClN3O7/c1-11(2)10-30-24(33)14-8-13-15(28-23(14)29(4)25(30)34)7-12(3)26(21(13)31)22(32)18-16(35-5)9-17(36-6)19(27)20(18)37-26/h8-9,12H,1,7,10H2,2-6H3. The number of rotatable bonds is 4. The number of fused-ring (bicyclic) bond motifs is 3. The van der Waals surface area contributed by atoms with Crippen LogP contribution in [0.4, 0.5) is 0 Å². The Labute approximate surface area is 216 Å². The molecule has 1 aromatic carbocycles. The van der Waals surface area contributed by atoms with E-state index < -0.39 is 34.3 Å². The average molecular weight is 526 g/mol. The lowest BCUT2D eigenvalue weighted by atomic mass is 9.71. The predicted molar refractivity (Wildman–Crippen MR) is 136 cm³/mol. The summed E-state index contributed by atoms with van der Waals surface area (Å²) in [5.41, 5.74) is -1.82. The van der Waals surface area contributed by atoms with E-state index in [1.807, 2.05) is 0 Å². The number of hydrogen-bond acceptors (Lipinski definition) is 8. The highest BCUT2D eigenvalue weighted by atomic mass is 35.5. The number of carbonyl (C=O) groups excluding carboxylic acids is 2. The number of pyridine rings is 1. The van der Waals surface area contributed by atoms with E-state index >= 15 is 0 Å². The summed E-state index contributed by atoms with van der Waals surface area (Å²) in [6.07, 6.45) is 0.177. The third kappa shape index (κ3) is 3.21. The van der Waals surface area contributed by atoms with E-state index in [2.05, 4.69) is 11.6 Å². The summed E-state index contributed by atoms with van der Waals surface area (Å²) in [4.78, 5) is 58.6. The second kappa shape index (κ2) is 8.31. The Morgan fingerprint density at radius 2 is 1.86 bits per heavy atom. The van der Waals surface area contributed by atoms with Crippen molar-refractivity contribution in [3.63, 3.8) is 0 Å². The maximum atomic E-state index is 14.1. The highest BCUT2D eigenvalue weighted by Gasteiger charge is 2.62. The fourth-order valence-corrected chi connectivity index (χ4v) is 5.42. The fraction of sp³-hybridized carbons (Fsp3) is 0.346. The largest absolute Gasteiger partial charge is 0.496 e. The summed E-state index contributed by atoms with van der Waals surface area (Å²) in [5, 5.41) is 0.115. The monoisotopic (exact) mass is 525 g/mol. The lowest BCUT2D eigenvalue weighted by molar-refractivity contribution is 0.0257. The summed E-state index contributed by atoms with van der Waals surface area (Å²) in [6, 6.07) is 2.86. The van der Waals surface area contributed by atoms with Crippen molar-refractivity contribution in [2.24, 2.45) is 13.0 Å². The summed E-state index contributed by atoms with van der Waals surface area (Å²) in [6.45, 7) is 7.21. The minimum Gasteiger partial charge on any atom is -0.496 e. The Kier molecular flexibility index (Phi) is 5.56. The lowest BCUT2D eigenvalue weighted by Crippen LogP contribution is -2.57. The number of methoxy groups -OCH3 is 2. The van der Waals surface area contributed by atoms with Gasteiger partial charge in [-0.3, -0.25) is 23.5 Å². The summed E-state index contributed by atoms with van der Waals surface area (Å²) in [7, 11) is 4.31. The number of halogens is 1. The molecule has 192 valence electrons. The van der Waals surface area contributed by atoms with Gasteiger partial charge in [-0.1, -0.05) is 30.7 Å². The molecule has 11 heteroatoms. The van der Waals surface area contributed by atoms with E-state index in [1.165, 1.54) is 38.0 Å². The van der Waals surface area contributed by atoms with Crippen LogP contribution in [0, 0.1) is 5.92 Å². The molecule has 0 saturated heterocycles. The molecule has 2 unspecified atom stereocenters. The van der Waals surface area contributed by atoms with Crippen molar-refractivity contribution in [1.82, 2.24) is 14.1 Å². The van der Waals surface area contributed by atoms with E-state index in [9.17, 15) is 19.2 Å². The molecule has 3 aromatic rings. The molecule has 0 bridgehead atoms. The zero-order valence-corrected chi connectivity index (χ0v) is 21.7. The number of ketones is 2. The minimum atomic E-state index is -1.93. The number of Topliss-reactive ketones (excluding diaryl/α,β-unsaturated/α-hetero) is 2. The van der Waals surface area contributed by atoms with Crippen LogP contribution in [0.25, 0.3) is 11.0 Å². The van der Waals surface area contributed by atoms with Gasteiger partial charge in [-0.05, 0) is 19.4 Å². The zero-order chi connectivity index (χ0) is 27.0. The Balaban J connectivity index is 1.74. The second-order valence-electron chi connectivity index (χ2n) is 9.44. The van der Waals surface area contributed by atoms with Gasteiger partial charge >= 0.3 is 5.69 Å². The van der Waals surface area contributed by atoms with E-state index in [0.29, 0.717) is 11.3 Å². The normalized spacial score (nSPS) is 20.1. The van der Waals surface area contributed by atoms with Crippen LogP contribution in [0.5, 0.6) is 17.2 Å². The van der Waals surface area contributed by atoms with Crippen LogP contribution in [0.15, 0.2) is 33.9 Å². The number of allylic oxidation sites excluding steroid dienone is 1. The Morgan fingerprint density at radius 3 is 2.49 bits per heavy atom. The molecule has 0 N–H and O–H groups in total. The molecule has 0 saturated carbocycles. The SMILES string of the molecule is C=C(C)Cn1c(=O)c2cc3c(nc2n(C)c1=O)CC(C)C1(Oc2c(Cl)c(OC)cc(OC)c2C1=O)C3=O. The summed E-state index contributed by atoms with van der Waals surface area (Å²) in [5.74, 6) is -1.49. The van der Waals surface area contributed by atoms with Crippen molar-refractivity contribution in [2.45, 2.75) is 32.4 Å². The van der Waals surface area contributed by atoms with Crippen molar-refractivity contribution in [2.75, 3.05) is 14.2 Å². The maximum absolute atomic E-state index is 14.1. The maximum Gasteiger partial charge on any atom is 0.332 e. The number of carbonyl (C=O) groups is 2. The quantitative estimate of drug-likeness (QED) is 0.377. The molecular formula is C26H24ClN3O7. The number of benzene rings is 1. The number of ether oxygens (including phenoxy) is 3. The molecule has 1 aliphatic carbocycles. The Bertz CT molecular complexity index is 1690. The first-order valence-electron chi connectivity index (χ1n) is 11.5. The van der Waals surface area contributed by atoms with Crippen molar-refractivity contribution >= 4 is 34.2 Å². The van der Waals surface area contributed by atoms with Gasteiger partial charge in [-0.2, -0.15) is 0 Å². The topological polar surface area (TPSA) is 119 Å². The molecule has 0 radical (unpaired) electrons. The molecule has 1 aliphatic heterocycles. The highest BCUT2D eigenvalue weighted by molar-refractivity contribution is 6.36. The van der Waals surface area contributed by atoms with Gasteiger partial charge in [-0.15, -0.1) is 0 Å². The molecule has 0 fully saturated rings. The average Bonchev–Trinajstić information content (AvgIpc) is 3.18. The molecule has 2 atom stereocenters. The Hall–Kier alpha value is -3.92. The van der Waals surface area contributed by atoms with Crippen LogP contribution in [-0.2, 0) is 20.0 Å². The number of hydrogen-bond donors (Lipinski definition) is 0. The molecule has 2 aromatic heterocycles. The van der Waals surface area contributed by atoms with Gasteiger partial charge in [0, 0.05) is 24.6 Å². The van der Waals surface area contributed by atoms with Crippen molar-refractivity contribution < 1.29 is 23.8 Å². The number of aromatic nitrogens is 3. The van der Waals surface area contributed by atoms with Crippen LogP contribution in [-0.4, -0.2) is 45.5 Å². The van der Waals surface area contributed by atoms with Gasteiger partial charge in [0.05, 0.1) is 31.8 Å². The van der Waals surface area contributed by atoms with E-state index in [1.54, 1.807) is 13.8 Å². The second-order valence-corrected chi connectivity index (χ2v) is 9.82. The number of aryl methyl sites for hydroxylation is 1. The predicted octanol–water partition coefficient (Wildman–Crippen LogP) is 2.73. The smallest absolute Gasteiger partial charge is 0.332 e. The molecule has 2 aliphatic rings. The molecule has 3 heterocycles. The van der Waals surface area contributed by atoms with E-state index in [-0.39, 0.29) is 57.4 Å². The van der Waals surface area contributed by atoms with Crippen molar-refractivity contribution in [1.29, 1.82) is 0 Å². The Morgan fingerprint density at radius 1 is 1.19 bits per heavy atom. The van der Waals surface area contributed by atoms with Crippen LogP contribution < -0.4 is 25.5 Å². The van der Waals surface area contributed by atoms with E-state index in [4.69, 9.17) is 25.8 Å². The van der Waals surface area contributed by atoms with Gasteiger partial charge in [0.2, 0.25) is 17.2 Å². The summed E-state index contributed by atoms with van der Waals surface area (Å²) < 4.78 is 19.1. The third-order valence-corrected chi connectivity index (χ3v) is 7.37. The van der Waals surface area contributed by atoms with Gasteiger partial charge in [0.15, 0.2) is 5.75 Å². The van der Waals surface area contributed by atoms with Crippen LogP contribution in [0.3, 0.4) is 0 Å². The molecule has 1 spiro atoms. The van der Waals surface area contributed by atoms with Crippen molar-refractivity contribution in [3.05, 3.63) is 67.0 Å². The molecule has 37 heavy (non-hydrogen) atoms. The van der Waals surface area contributed by atoms with Gasteiger partial charge in [-0.25, -0.2) is 9.78 Å². The minimum absolute atomic E-state index is 0.00600. The summed E-state index contributed by atoms with van der Waals surface area (Å²) >= 11 is 6.47. The molecule has 5 rings (SSSR count). The van der Waals surface area contributed by atoms with Gasteiger partial charge in [0.1, 0.15) is 27.7 Å². The van der Waals surface area contributed by atoms with Gasteiger partial charge < -0.3 is 14.2 Å². The first kappa shape index (κ1) is 24.8. The zero-order valence-electron chi connectivity index (χ0n) is 20.9. The first-order valence-corrected chi connectivity index (χ1v) is 11.9. The highest BCUT2D eigenvalue weighted by Crippen LogP contribution is 2.53. The lowest BCUT2D eigenvalue weighted by Gasteiger charge is -2.36. The third-order valence-electron chi connectivity index (χ3n) is 7.01. The van der Waals surface area contributed by atoms with Crippen LogP contribution in [0.1, 0.15) is 40.3 Å². The number of nitrogens with zero attached hydrogens (tertiary/aromatic N) is 3. The van der Waals surface area contributed by atoms with E-state index in [0.717, 1.165) is 4.57 Å². The molecule has 10 nitrogen and oxygen atoms in total. The van der Waals surface area contributed by atoms with Crippen LogP contribution >= 0.6 is 11.6 Å². The fourth-order valence-electron chi connectivity index (χ4n) is 5.15. The first-order chi connectivity index (χ1) is 17.5. The van der Waals surface area contributed by atoms with Crippen molar-refractivity contribution in [3.8, 4) is 17.2 Å². The van der Waals surface area contributed by atoms with Gasteiger partial charge in [0.25, 0.3) is 5.56 Å². The molecular weight excluding hydrogens is 502 g/mol. The van der Waals surface area contributed by atoms with Crippen LogP contribution in [0.2, 0.25) is 5.02 Å². The molecule has 0 amide bonds.